The van der Waals surface area contributed by atoms with Gasteiger partial charge in [0.05, 0.1) is 22.1 Å². The first-order valence-electron chi connectivity index (χ1n) is 24.7. The monoisotopic (exact) mass is 930 g/mol. The summed E-state index contributed by atoms with van der Waals surface area (Å²) in [6.07, 6.45) is 0. The molecule has 16 rings (SSSR count). The van der Waals surface area contributed by atoms with E-state index in [1.165, 1.54) is 38.5 Å². The largest absolute Gasteiger partial charge is 0.452 e. The second-order valence-electron chi connectivity index (χ2n) is 19.1. The molecule has 2 aliphatic rings. The van der Waals surface area contributed by atoms with Crippen molar-refractivity contribution in [1.29, 1.82) is 0 Å². The summed E-state index contributed by atoms with van der Waals surface area (Å²) >= 11 is 0. The van der Waals surface area contributed by atoms with Crippen LogP contribution >= 0.6 is 0 Å². The third kappa shape index (κ3) is 5.61. The maximum atomic E-state index is 6.65. The lowest BCUT2D eigenvalue weighted by Gasteiger charge is -2.39. The van der Waals surface area contributed by atoms with Crippen LogP contribution in [0.2, 0.25) is 0 Å². The molecule has 1 aliphatic heterocycles. The molecular formula is C66H38N6O. The molecule has 0 saturated carbocycles. The number of aromatic nitrogens is 6. The van der Waals surface area contributed by atoms with Crippen molar-refractivity contribution in [2.24, 2.45) is 0 Å². The summed E-state index contributed by atoms with van der Waals surface area (Å²) in [7, 11) is 0. The average molecular weight is 931 g/mol. The van der Waals surface area contributed by atoms with E-state index in [9.17, 15) is 0 Å². The molecule has 7 heteroatoms. The van der Waals surface area contributed by atoms with Crippen molar-refractivity contribution in [2.75, 3.05) is 0 Å². The minimum Gasteiger partial charge on any atom is -0.452 e. The van der Waals surface area contributed by atoms with Gasteiger partial charge in [-0.1, -0.05) is 194 Å². The van der Waals surface area contributed by atoms with E-state index in [1.807, 2.05) is 54.6 Å². The Hall–Kier alpha value is -9.85. The molecule has 4 aromatic heterocycles. The predicted molar refractivity (Wildman–Crippen MR) is 293 cm³/mol. The van der Waals surface area contributed by atoms with Crippen molar-refractivity contribution in [3.63, 3.8) is 0 Å². The Labute approximate surface area is 418 Å². The van der Waals surface area contributed by atoms with Gasteiger partial charge < -0.3 is 8.98 Å². The van der Waals surface area contributed by atoms with Gasteiger partial charge >= 0.3 is 0 Å². The highest BCUT2D eigenvalue weighted by Gasteiger charge is 2.51. The number of nitrogens with zero attached hydrogens (tertiary/aromatic N) is 6. The number of benzene rings is 10. The molecule has 0 saturated heterocycles. The van der Waals surface area contributed by atoms with Crippen LogP contribution in [0.5, 0.6) is 0 Å². The number of fused-ring (bicyclic) bond motifs is 16. The highest BCUT2D eigenvalue weighted by atomic mass is 16.3. The van der Waals surface area contributed by atoms with Crippen LogP contribution in [-0.2, 0) is 5.41 Å². The summed E-state index contributed by atoms with van der Waals surface area (Å²) in [6.45, 7) is 0. The van der Waals surface area contributed by atoms with Gasteiger partial charge in [0, 0.05) is 44.0 Å². The lowest BCUT2D eigenvalue weighted by molar-refractivity contribution is 0.667. The van der Waals surface area contributed by atoms with Gasteiger partial charge in [0.2, 0.25) is 0 Å². The topological polar surface area (TPSA) is 82.5 Å². The first-order chi connectivity index (χ1) is 36.2. The van der Waals surface area contributed by atoms with E-state index < -0.39 is 5.41 Å². The molecule has 1 spiro atoms. The molecule has 1 aliphatic carbocycles. The van der Waals surface area contributed by atoms with Crippen LogP contribution in [0.4, 0.5) is 0 Å². The van der Waals surface area contributed by atoms with Crippen molar-refractivity contribution in [2.45, 2.75) is 5.41 Å². The van der Waals surface area contributed by atoms with Crippen LogP contribution in [0.25, 0.3) is 128 Å². The van der Waals surface area contributed by atoms with Crippen molar-refractivity contribution < 1.29 is 4.42 Å². The highest BCUT2D eigenvalue weighted by Crippen LogP contribution is 2.63. The summed E-state index contributed by atoms with van der Waals surface area (Å²) in [5, 5.41) is 5.67. The molecule has 1 unspecified atom stereocenters. The number of rotatable bonds is 5. The molecule has 10 aromatic carbocycles. The standard InChI is InChI=1S/C66H38N6O/c1-3-18-40(19-4-1)62-69-63(41-20-5-2-6-21-41)71-65(70-62)48-26-16-28-52-57(48)49-38-44(64-67-58(43-34-33-39-17-7-8-22-42(39)37-43)61-59(68-64)47-24-10-14-32-56(47)73-61)35-36-50(49)66(52)51-27-11-13-31-55(51)72-54-30-12-9-23-45(54)46-25-15-29-53(66)60(46)72/h1-38H. The molecular weight excluding hydrogens is 893 g/mol. The Bertz CT molecular complexity index is 4580. The molecule has 7 nitrogen and oxygen atoms in total. The second-order valence-corrected chi connectivity index (χ2v) is 19.1. The van der Waals surface area contributed by atoms with Gasteiger partial charge in [-0.05, 0) is 80.6 Å². The summed E-state index contributed by atoms with van der Waals surface area (Å²) in [5.41, 5.74) is 17.2. The Morgan fingerprint density at radius 3 is 1.84 bits per heavy atom. The van der Waals surface area contributed by atoms with Crippen molar-refractivity contribution in [3.8, 4) is 73.6 Å². The van der Waals surface area contributed by atoms with Gasteiger partial charge in [-0.25, -0.2) is 24.9 Å². The number of hydrogen-bond donors (Lipinski definition) is 0. The SMILES string of the molecule is c1ccc(-c2nc(-c3ccccc3)nc(-c3cccc4c3-c3cc(-c5nc(-c6ccc7ccccc7c6)c6oc7ccccc7c6n5)ccc3C43c4ccccc4-n4c5ccccc5c5cccc3c54)n2)cc1. The Morgan fingerprint density at radius 1 is 0.370 bits per heavy atom. The average Bonchev–Trinajstić information content (AvgIpc) is 4.11. The predicted octanol–water partition coefficient (Wildman–Crippen LogP) is 15.8. The summed E-state index contributed by atoms with van der Waals surface area (Å²) < 4.78 is 9.13. The zero-order chi connectivity index (χ0) is 47.8. The fourth-order valence-electron chi connectivity index (χ4n) is 12.2. The molecule has 0 N–H and O–H groups in total. The van der Waals surface area contributed by atoms with E-state index in [0.29, 0.717) is 28.9 Å². The molecule has 1 atom stereocenters. The molecule has 0 fully saturated rings. The van der Waals surface area contributed by atoms with E-state index in [0.717, 1.165) is 83.1 Å². The summed E-state index contributed by atoms with van der Waals surface area (Å²) in [5.74, 6) is 2.41. The van der Waals surface area contributed by atoms with Gasteiger partial charge in [-0.3, -0.25) is 0 Å². The third-order valence-corrected chi connectivity index (χ3v) is 15.3. The van der Waals surface area contributed by atoms with Crippen LogP contribution < -0.4 is 0 Å². The van der Waals surface area contributed by atoms with Gasteiger partial charge in [0.1, 0.15) is 16.8 Å². The van der Waals surface area contributed by atoms with Crippen molar-refractivity contribution in [3.05, 3.63) is 253 Å². The van der Waals surface area contributed by atoms with Gasteiger partial charge in [-0.15, -0.1) is 0 Å². The summed E-state index contributed by atoms with van der Waals surface area (Å²) in [6, 6.07) is 81.6. The van der Waals surface area contributed by atoms with Gasteiger partial charge in [0.15, 0.2) is 28.9 Å². The first kappa shape index (κ1) is 39.9. The molecule has 338 valence electrons. The van der Waals surface area contributed by atoms with Crippen molar-refractivity contribution in [1.82, 2.24) is 29.5 Å². The fourth-order valence-corrected chi connectivity index (χ4v) is 12.2. The van der Waals surface area contributed by atoms with E-state index in [-0.39, 0.29) is 0 Å². The molecule has 73 heavy (non-hydrogen) atoms. The minimum atomic E-state index is -0.737. The normalized spacial score (nSPS) is 14.4. The quantitative estimate of drug-likeness (QED) is 0.171. The van der Waals surface area contributed by atoms with E-state index in [4.69, 9.17) is 29.3 Å². The second kappa shape index (κ2) is 15.1. The lowest BCUT2D eigenvalue weighted by atomic mass is 9.65. The smallest absolute Gasteiger partial charge is 0.180 e. The van der Waals surface area contributed by atoms with Crippen LogP contribution in [0.3, 0.4) is 0 Å². The van der Waals surface area contributed by atoms with Crippen LogP contribution in [-0.4, -0.2) is 29.5 Å². The lowest BCUT2D eigenvalue weighted by Crippen LogP contribution is -2.33. The molecule has 0 bridgehead atoms. The van der Waals surface area contributed by atoms with Crippen molar-refractivity contribution >= 4 is 54.6 Å². The van der Waals surface area contributed by atoms with Crippen LogP contribution in [0.15, 0.2) is 235 Å². The zero-order valence-corrected chi connectivity index (χ0v) is 39.0. The number of furan rings is 1. The third-order valence-electron chi connectivity index (χ3n) is 15.3. The Balaban J connectivity index is 1.01. The number of hydrogen-bond acceptors (Lipinski definition) is 6. The van der Waals surface area contributed by atoms with Crippen LogP contribution in [0.1, 0.15) is 22.3 Å². The van der Waals surface area contributed by atoms with Crippen LogP contribution in [0, 0.1) is 0 Å². The van der Waals surface area contributed by atoms with E-state index in [1.54, 1.807) is 0 Å². The zero-order valence-electron chi connectivity index (χ0n) is 39.0. The molecule has 5 heterocycles. The highest BCUT2D eigenvalue weighted by molar-refractivity contribution is 6.13. The van der Waals surface area contributed by atoms with E-state index >= 15 is 0 Å². The minimum absolute atomic E-state index is 0.593. The Kier molecular flexibility index (Phi) is 8.25. The first-order valence-corrected chi connectivity index (χ1v) is 24.7. The van der Waals surface area contributed by atoms with Gasteiger partial charge in [-0.2, -0.15) is 0 Å². The Morgan fingerprint density at radius 2 is 1.00 bits per heavy atom. The molecule has 0 amide bonds. The fraction of sp³-hybridized carbons (Fsp3) is 0.0152. The molecule has 0 radical (unpaired) electrons. The van der Waals surface area contributed by atoms with E-state index in [2.05, 4.69) is 180 Å². The van der Waals surface area contributed by atoms with Gasteiger partial charge in [0.25, 0.3) is 0 Å². The molecule has 14 aromatic rings. The summed E-state index contributed by atoms with van der Waals surface area (Å²) in [4.78, 5) is 26.8. The maximum absolute atomic E-state index is 6.65. The maximum Gasteiger partial charge on any atom is 0.180 e. The number of para-hydroxylation sites is 4.